The minimum absolute atomic E-state index is 0.238. The lowest BCUT2D eigenvalue weighted by Crippen LogP contribution is -2.34. The van der Waals surface area contributed by atoms with Gasteiger partial charge in [-0.15, -0.1) is 0 Å². The van der Waals surface area contributed by atoms with Crippen molar-refractivity contribution in [2.24, 2.45) is 0 Å². The van der Waals surface area contributed by atoms with Crippen molar-refractivity contribution in [3.63, 3.8) is 0 Å². The topological polar surface area (TPSA) is 108 Å². The number of aromatic nitrogens is 2. The van der Waals surface area contributed by atoms with Gasteiger partial charge in [-0.1, -0.05) is 0 Å². The monoisotopic (exact) mass is 432 g/mol. The van der Waals surface area contributed by atoms with E-state index < -0.39 is 15.9 Å². The normalized spacial score (nSPS) is 14.6. The van der Waals surface area contributed by atoms with Gasteiger partial charge in [-0.25, -0.2) is 13.4 Å². The van der Waals surface area contributed by atoms with Gasteiger partial charge >= 0.3 is 0 Å². The fourth-order valence-corrected chi connectivity index (χ4v) is 3.51. The van der Waals surface area contributed by atoms with Crippen LogP contribution in [-0.2, 0) is 14.8 Å². The third kappa shape index (κ3) is 6.14. The van der Waals surface area contributed by atoms with E-state index >= 15 is 0 Å². The number of aryl methyl sites for hydroxylation is 1. The van der Waals surface area contributed by atoms with Gasteiger partial charge in [0.05, 0.1) is 12.8 Å². The molecular formula is C20H28N6O3S. The molecule has 1 fully saturated rings. The summed E-state index contributed by atoms with van der Waals surface area (Å²) in [5.74, 6) is 1.06. The third-order valence-electron chi connectivity index (χ3n) is 4.85. The number of rotatable bonds is 7. The van der Waals surface area contributed by atoms with E-state index in [9.17, 15) is 13.2 Å². The molecule has 2 heterocycles. The highest BCUT2D eigenvalue weighted by atomic mass is 32.2. The van der Waals surface area contributed by atoms with Crippen LogP contribution in [0.2, 0.25) is 0 Å². The van der Waals surface area contributed by atoms with E-state index in [4.69, 9.17) is 0 Å². The lowest BCUT2D eigenvalue weighted by molar-refractivity contribution is -0.116. The summed E-state index contributed by atoms with van der Waals surface area (Å²) in [7, 11) is -2.04. The maximum atomic E-state index is 12.0. The Labute approximate surface area is 177 Å². The summed E-state index contributed by atoms with van der Waals surface area (Å²) in [5, 5.41) is 5.97. The Balaban J connectivity index is 1.63. The summed E-state index contributed by atoms with van der Waals surface area (Å²) in [6.07, 6.45) is 4.63. The third-order valence-corrected chi connectivity index (χ3v) is 6.12. The summed E-state index contributed by atoms with van der Waals surface area (Å²) in [6.45, 7) is 3.67. The second-order valence-electron chi connectivity index (χ2n) is 7.51. The fourth-order valence-electron chi connectivity index (χ4n) is 3.16. The van der Waals surface area contributed by atoms with Crippen LogP contribution in [0.4, 0.5) is 23.1 Å². The van der Waals surface area contributed by atoms with Gasteiger partial charge in [-0.05, 0) is 50.5 Å². The molecule has 0 spiro atoms. The zero-order chi connectivity index (χ0) is 21.7. The SMILES string of the molecule is Cc1cc(Nc2ccc(NC(=O)CN(C)S(C)(=O)=O)cc2)nc(N2CCCCC2)n1. The average Bonchev–Trinajstić information content (AvgIpc) is 2.69. The molecule has 9 nitrogen and oxygen atoms in total. The van der Waals surface area contributed by atoms with Gasteiger partial charge in [0, 0.05) is 43.3 Å². The zero-order valence-electron chi connectivity index (χ0n) is 17.6. The van der Waals surface area contributed by atoms with E-state index in [0.717, 1.165) is 59.6 Å². The maximum absolute atomic E-state index is 12.0. The van der Waals surface area contributed by atoms with E-state index in [1.54, 1.807) is 12.1 Å². The largest absolute Gasteiger partial charge is 0.341 e. The molecule has 30 heavy (non-hydrogen) atoms. The number of nitrogens with one attached hydrogen (secondary N) is 2. The Morgan fingerprint density at radius 1 is 1.10 bits per heavy atom. The minimum atomic E-state index is -3.40. The van der Waals surface area contributed by atoms with E-state index in [1.165, 1.54) is 13.5 Å². The van der Waals surface area contributed by atoms with Crippen LogP contribution >= 0.6 is 0 Å². The van der Waals surface area contributed by atoms with Gasteiger partial charge in [-0.2, -0.15) is 9.29 Å². The molecule has 0 aliphatic carbocycles. The molecule has 0 radical (unpaired) electrons. The predicted molar refractivity (Wildman–Crippen MR) is 119 cm³/mol. The van der Waals surface area contributed by atoms with Crippen molar-refractivity contribution in [2.45, 2.75) is 26.2 Å². The van der Waals surface area contributed by atoms with Crippen molar-refractivity contribution in [3.05, 3.63) is 36.0 Å². The molecule has 1 aromatic carbocycles. The van der Waals surface area contributed by atoms with Crippen LogP contribution in [0.25, 0.3) is 0 Å². The second-order valence-corrected chi connectivity index (χ2v) is 9.60. The molecule has 162 valence electrons. The number of likely N-dealkylation sites (N-methyl/N-ethyl adjacent to an activating group) is 1. The molecule has 1 aliphatic rings. The highest BCUT2D eigenvalue weighted by Gasteiger charge is 2.16. The van der Waals surface area contributed by atoms with Crippen LogP contribution in [0.3, 0.4) is 0 Å². The summed E-state index contributed by atoms with van der Waals surface area (Å²) >= 11 is 0. The highest BCUT2D eigenvalue weighted by Crippen LogP contribution is 2.22. The number of hydrogen-bond acceptors (Lipinski definition) is 7. The molecule has 1 amide bonds. The number of anilines is 4. The summed E-state index contributed by atoms with van der Waals surface area (Å²) in [5.41, 5.74) is 2.30. The van der Waals surface area contributed by atoms with Crippen molar-refractivity contribution in [1.29, 1.82) is 0 Å². The fraction of sp³-hybridized carbons (Fsp3) is 0.450. The first-order valence-electron chi connectivity index (χ1n) is 9.89. The zero-order valence-corrected chi connectivity index (χ0v) is 18.4. The number of hydrogen-bond donors (Lipinski definition) is 2. The van der Waals surface area contributed by atoms with Gasteiger partial charge < -0.3 is 15.5 Å². The van der Waals surface area contributed by atoms with Gasteiger partial charge in [0.15, 0.2) is 0 Å². The molecular weight excluding hydrogens is 404 g/mol. The van der Waals surface area contributed by atoms with Crippen LogP contribution < -0.4 is 15.5 Å². The summed E-state index contributed by atoms with van der Waals surface area (Å²) in [6, 6.07) is 9.05. The summed E-state index contributed by atoms with van der Waals surface area (Å²) < 4.78 is 23.8. The Hall–Kier alpha value is -2.72. The maximum Gasteiger partial charge on any atom is 0.239 e. The Kier molecular flexibility index (Phi) is 6.88. The van der Waals surface area contributed by atoms with Gasteiger partial charge in [0.2, 0.25) is 21.9 Å². The predicted octanol–water partition coefficient (Wildman–Crippen LogP) is 2.35. The number of amides is 1. The molecule has 0 atom stereocenters. The first-order valence-corrected chi connectivity index (χ1v) is 11.7. The van der Waals surface area contributed by atoms with E-state index in [1.807, 2.05) is 25.1 Å². The number of sulfonamides is 1. The van der Waals surface area contributed by atoms with Crippen molar-refractivity contribution in [2.75, 3.05) is 48.5 Å². The minimum Gasteiger partial charge on any atom is -0.341 e. The lowest BCUT2D eigenvalue weighted by atomic mass is 10.1. The number of carbonyl (C=O) groups is 1. The molecule has 1 saturated heterocycles. The van der Waals surface area contributed by atoms with Crippen LogP contribution in [0.5, 0.6) is 0 Å². The number of carbonyl (C=O) groups excluding carboxylic acids is 1. The first kappa shape index (κ1) is 22.0. The molecule has 10 heteroatoms. The number of piperidine rings is 1. The first-order chi connectivity index (χ1) is 14.2. The molecule has 0 saturated carbocycles. The molecule has 3 rings (SSSR count). The highest BCUT2D eigenvalue weighted by molar-refractivity contribution is 7.88. The Morgan fingerprint density at radius 2 is 1.73 bits per heavy atom. The Morgan fingerprint density at radius 3 is 2.37 bits per heavy atom. The van der Waals surface area contributed by atoms with Crippen LogP contribution in [0, 0.1) is 6.92 Å². The average molecular weight is 433 g/mol. The molecule has 1 aliphatic heterocycles. The number of benzene rings is 1. The number of nitrogens with zero attached hydrogens (tertiary/aromatic N) is 4. The van der Waals surface area contributed by atoms with Gasteiger partial charge in [0.25, 0.3) is 0 Å². The van der Waals surface area contributed by atoms with Crippen LogP contribution in [-0.4, -0.2) is 61.5 Å². The molecule has 0 unspecified atom stereocenters. The Bertz CT molecular complexity index is 988. The van der Waals surface area contributed by atoms with Crippen molar-refractivity contribution in [3.8, 4) is 0 Å². The van der Waals surface area contributed by atoms with E-state index in [2.05, 4.69) is 25.5 Å². The molecule has 0 bridgehead atoms. The van der Waals surface area contributed by atoms with E-state index in [0.29, 0.717) is 5.69 Å². The molecule has 1 aromatic heterocycles. The quantitative estimate of drug-likeness (QED) is 0.691. The van der Waals surface area contributed by atoms with Gasteiger partial charge in [-0.3, -0.25) is 4.79 Å². The van der Waals surface area contributed by atoms with E-state index in [-0.39, 0.29) is 6.54 Å². The van der Waals surface area contributed by atoms with Crippen LogP contribution in [0.15, 0.2) is 30.3 Å². The van der Waals surface area contributed by atoms with Crippen LogP contribution in [0.1, 0.15) is 25.0 Å². The van der Waals surface area contributed by atoms with Gasteiger partial charge in [0.1, 0.15) is 5.82 Å². The van der Waals surface area contributed by atoms with Crippen molar-refractivity contribution in [1.82, 2.24) is 14.3 Å². The second kappa shape index (κ2) is 9.40. The standard InChI is InChI=1S/C20H28N6O3S/c1-15-13-18(24-20(21-15)26-11-5-4-6-12-26)22-16-7-9-17(10-8-16)23-19(27)14-25(2)30(3,28)29/h7-10,13H,4-6,11-12,14H2,1-3H3,(H,23,27)(H,21,22,24). The molecule has 2 aromatic rings. The lowest BCUT2D eigenvalue weighted by Gasteiger charge is -2.27. The summed E-state index contributed by atoms with van der Waals surface area (Å²) in [4.78, 5) is 23.5. The van der Waals surface area contributed by atoms with Crippen molar-refractivity contribution >= 4 is 39.1 Å². The molecule has 2 N–H and O–H groups in total. The van der Waals surface area contributed by atoms with Crippen molar-refractivity contribution < 1.29 is 13.2 Å². The smallest absolute Gasteiger partial charge is 0.239 e.